The van der Waals surface area contributed by atoms with Crippen LogP contribution in [0.4, 0.5) is 13.2 Å². The van der Waals surface area contributed by atoms with Crippen molar-refractivity contribution in [3.05, 3.63) is 63.5 Å². The van der Waals surface area contributed by atoms with Crippen LogP contribution in [0.1, 0.15) is 47.1 Å². The van der Waals surface area contributed by atoms with E-state index in [1.807, 2.05) is 4.57 Å². The predicted octanol–water partition coefficient (Wildman–Crippen LogP) is 5.42. The molecule has 3 aromatic rings. The highest BCUT2D eigenvalue weighted by molar-refractivity contribution is 6.34. The number of fused-ring (bicyclic) bond motifs is 4. The molecule has 166 valence electrons. The fourth-order valence-electron chi connectivity index (χ4n) is 4.52. The van der Waals surface area contributed by atoms with Crippen molar-refractivity contribution in [3.8, 4) is 11.5 Å². The summed E-state index contributed by atoms with van der Waals surface area (Å²) < 4.78 is 41.9. The van der Waals surface area contributed by atoms with E-state index in [9.17, 15) is 18.0 Å². The van der Waals surface area contributed by atoms with Crippen LogP contribution in [0.15, 0.2) is 36.5 Å². The number of pyridine rings is 1. The fourth-order valence-corrected chi connectivity index (χ4v) is 4.95. The van der Waals surface area contributed by atoms with E-state index in [-0.39, 0.29) is 11.6 Å². The van der Waals surface area contributed by atoms with Crippen molar-refractivity contribution >= 4 is 29.1 Å². The van der Waals surface area contributed by atoms with Gasteiger partial charge in [-0.2, -0.15) is 13.2 Å². The van der Waals surface area contributed by atoms with E-state index in [4.69, 9.17) is 23.2 Å². The minimum atomic E-state index is -4.65. The molecule has 32 heavy (non-hydrogen) atoms. The van der Waals surface area contributed by atoms with Crippen LogP contribution in [0.2, 0.25) is 10.0 Å². The molecule has 11 heteroatoms. The predicted molar refractivity (Wildman–Crippen MR) is 111 cm³/mol. The molecule has 0 aliphatic carbocycles. The van der Waals surface area contributed by atoms with Crippen LogP contribution in [-0.4, -0.2) is 36.6 Å². The lowest BCUT2D eigenvalue weighted by atomic mass is 9.90. The van der Waals surface area contributed by atoms with Crippen LogP contribution in [-0.2, 0) is 12.7 Å². The molecule has 2 atom stereocenters. The summed E-state index contributed by atoms with van der Waals surface area (Å²) in [5.41, 5.74) is -0.579. The standard InChI is InChI=1S/C21H16Cl2F3N5O/c22-11-7-8-15(27-9-11)18-28-29-19-16-6-1-3-12(10-30(18)19)31(16)20(32)13-4-2-5-14(17(13)23)21(24,25)26/h2,4-5,7-9,12,16H,1,3,6,10H2/t12-,16-/m1/s1. The molecule has 1 fully saturated rings. The Balaban J connectivity index is 1.54. The minimum Gasteiger partial charge on any atom is -0.324 e. The van der Waals surface area contributed by atoms with Crippen molar-refractivity contribution in [1.29, 1.82) is 0 Å². The molecule has 2 aliphatic heterocycles. The summed E-state index contributed by atoms with van der Waals surface area (Å²) >= 11 is 12.0. The lowest BCUT2D eigenvalue weighted by molar-refractivity contribution is -0.137. The molecule has 1 saturated heterocycles. The van der Waals surface area contributed by atoms with E-state index in [1.54, 1.807) is 17.0 Å². The topological polar surface area (TPSA) is 63.9 Å². The highest BCUT2D eigenvalue weighted by atomic mass is 35.5. The van der Waals surface area contributed by atoms with E-state index in [0.29, 0.717) is 41.8 Å². The third kappa shape index (κ3) is 3.44. The number of rotatable bonds is 2. The number of piperidine rings is 1. The number of halogens is 5. The molecule has 6 nitrogen and oxygen atoms in total. The number of amides is 1. The molecule has 1 amide bonds. The van der Waals surface area contributed by atoms with Gasteiger partial charge in [-0.3, -0.25) is 9.78 Å². The zero-order chi connectivity index (χ0) is 22.6. The lowest BCUT2D eigenvalue weighted by Crippen LogP contribution is -2.52. The van der Waals surface area contributed by atoms with E-state index in [1.165, 1.54) is 18.3 Å². The number of aromatic nitrogens is 4. The first-order valence-corrected chi connectivity index (χ1v) is 10.7. The van der Waals surface area contributed by atoms with Crippen LogP contribution in [0.3, 0.4) is 0 Å². The van der Waals surface area contributed by atoms with Gasteiger partial charge in [0.2, 0.25) is 0 Å². The van der Waals surface area contributed by atoms with Crippen LogP contribution in [0.25, 0.3) is 11.5 Å². The molecule has 2 bridgehead atoms. The van der Waals surface area contributed by atoms with E-state index in [2.05, 4.69) is 15.2 Å². The minimum absolute atomic E-state index is 0.161. The first-order valence-electron chi connectivity index (χ1n) is 9.99. The molecular formula is C21H16Cl2F3N5O. The molecule has 0 spiro atoms. The van der Waals surface area contributed by atoms with Crippen LogP contribution < -0.4 is 0 Å². The van der Waals surface area contributed by atoms with Gasteiger partial charge >= 0.3 is 6.18 Å². The highest BCUT2D eigenvalue weighted by Gasteiger charge is 2.44. The van der Waals surface area contributed by atoms with Gasteiger partial charge in [0, 0.05) is 12.7 Å². The summed E-state index contributed by atoms with van der Waals surface area (Å²) in [5.74, 6) is 0.623. The molecule has 4 heterocycles. The molecular weight excluding hydrogens is 466 g/mol. The Hall–Kier alpha value is -2.65. The lowest BCUT2D eigenvalue weighted by Gasteiger charge is -2.45. The van der Waals surface area contributed by atoms with Gasteiger partial charge in [0.05, 0.1) is 33.3 Å². The van der Waals surface area contributed by atoms with E-state index < -0.39 is 28.7 Å². The summed E-state index contributed by atoms with van der Waals surface area (Å²) in [6, 6.07) is 6.23. The quantitative estimate of drug-likeness (QED) is 0.490. The number of hydrogen-bond donors (Lipinski definition) is 0. The van der Waals surface area contributed by atoms with E-state index >= 15 is 0 Å². The number of carbonyl (C=O) groups excluding carboxylic acids is 1. The monoisotopic (exact) mass is 481 g/mol. The van der Waals surface area contributed by atoms with Crippen LogP contribution >= 0.6 is 23.2 Å². The molecule has 2 aliphatic rings. The smallest absolute Gasteiger partial charge is 0.324 e. The average Bonchev–Trinajstić information content (AvgIpc) is 3.16. The molecule has 0 radical (unpaired) electrons. The first-order chi connectivity index (χ1) is 15.3. The molecule has 1 aromatic carbocycles. The summed E-state index contributed by atoms with van der Waals surface area (Å²) in [4.78, 5) is 19.4. The van der Waals surface area contributed by atoms with Gasteiger partial charge in [-0.05, 0) is 43.5 Å². The summed E-state index contributed by atoms with van der Waals surface area (Å²) in [7, 11) is 0. The second-order valence-corrected chi connectivity index (χ2v) is 8.65. The van der Waals surface area contributed by atoms with E-state index in [0.717, 1.165) is 12.5 Å². The Morgan fingerprint density at radius 1 is 1.09 bits per heavy atom. The van der Waals surface area contributed by atoms with Crippen molar-refractivity contribution in [3.63, 3.8) is 0 Å². The number of alkyl halides is 3. The molecule has 0 unspecified atom stereocenters. The Kier molecular flexibility index (Phi) is 5.13. The first kappa shape index (κ1) is 21.2. The molecule has 0 N–H and O–H groups in total. The average molecular weight is 482 g/mol. The number of carbonyl (C=O) groups is 1. The molecule has 2 aromatic heterocycles. The van der Waals surface area contributed by atoms with Crippen molar-refractivity contribution in [2.24, 2.45) is 0 Å². The third-order valence-electron chi connectivity index (χ3n) is 5.94. The van der Waals surface area contributed by atoms with Gasteiger partial charge in [0.15, 0.2) is 11.6 Å². The maximum Gasteiger partial charge on any atom is 0.417 e. The van der Waals surface area contributed by atoms with Crippen molar-refractivity contribution in [2.45, 2.75) is 44.1 Å². The van der Waals surface area contributed by atoms with Crippen molar-refractivity contribution in [1.82, 2.24) is 24.6 Å². The Bertz CT molecular complexity index is 1200. The molecule has 5 rings (SSSR count). The number of hydrogen-bond acceptors (Lipinski definition) is 4. The van der Waals surface area contributed by atoms with Gasteiger partial charge in [-0.25, -0.2) is 0 Å². The largest absolute Gasteiger partial charge is 0.417 e. The van der Waals surface area contributed by atoms with Crippen molar-refractivity contribution < 1.29 is 18.0 Å². The maximum atomic E-state index is 13.4. The SMILES string of the molecule is O=C(c1cccc(C(F)(F)F)c1Cl)N1[C@@H]2CCC[C@@H]1c1nnc(-c3ccc(Cl)cn3)n1C2. The van der Waals surface area contributed by atoms with Gasteiger partial charge < -0.3 is 9.47 Å². The van der Waals surface area contributed by atoms with Crippen LogP contribution in [0.5, 0.6) is 0 Å². The second-order valence-electron chi connectivity index (χ2n) is 7.83. The Labute approximate surface area is 191 Å². The third-order valence-corrected chi connectivity index (χ3v) is 6.57. The summed E-state index contributed by atoms with van der Waals surface area (Å²) in [6.07, 6.45) is -0.912. The maximum absolute atomic E-state index is 13.4. The Morgan fingerprint density at radius 2 is 1.91 bits per heavy atom. The fraction of sp³-hybridized carbons (Fsp3) is 0.333. The summed E-state index contributed by atoms with van der Waals surface area (Å²) in [5, 5.41) is 8.51. The van der Waals surface area contributed by atoms with Crippen molar-refractivity contribution in [2.75, 3.05) is 0 Å². The van der Waals surface area contributed by atoms with Gasteiger partial charge in [-0.1, -0.05) is 29.3 Å². The number of nitrogens with zero attached hydrogens (tertiary/aromatic N) is 5. The van der Waals surface area contributed by atoms with Gasteiger partial charge in [0.1, 0.15) is 5.69 Å². The summed E-state index contributed by atoms with van der Waals surface area (Å²) in [6.45, 7) is 0.417. The zero-order valence-corrected chi connectivity index (χ0v) is 18.0. The number of benzene rings is 1. The second kappa shape index (κ2) is 7.74. The molecule has 0 saturated carbocycles. The zero-order valence-electron chi connectivity index (χ0n) is 16.5. The Morgan fingerprint density at radius 3 is 2.62 bits per heavy atom. The van der Waals surface area contributed by atoms with Crippen LogP contribution in [0, 0.1) is 0 Å². The normalized spacial score (nSPS) is 20.2. The van der Waals surface area contributed by atoms with Gasteiger partial charge in [-0.15, -0.1) is 10.2 Å². The van der Waals surface area contributed by atoms with Gasteiger partial charge in [0.25, 0.3) is 5.91 Å². The highest BCUT2D eigenvalue weighted by Crippen LogP contribution is 2.42.